The van der Waals surface area contributed by atoms with Gasteiger partial charge in [-0.1, -0.05) is 50.2 Å². The highest BCUT2D eigenvalue weighted by molar-refractivity contribution is 5.79. The first-order chi connectivity index (χ1) is 16.8. The van der Waals surface area contributed by atoms with E-state index in [1.165, 1.54) is 16.7 Å². The lowest BCUT2D eigenvalue weighted by atomic mass is 10.1. The number of rotatable bonds is 8. The van der Waals surface area contributed by atoms with Crippen LogP contribution in [-0.4, -0.2) is 21.6 Å². The highest BCUT2D eigenvalue weighted by Crippen LogP contribution is 2.14. The van der Waals surface area contributed by atoms with Gasteiger partial charge in [-0.05, 0) is 59.9 Å². The van der Waals surface area contributed by atoms with Gasteiger partial charge in [0.25, 0.3) is 5.56 Å². The van der Waals surface area contributed by atoms with Crippen LogP contribution in [0.15, 0.2) is 82.4 Å². The predicted molar refractivity (Wildman–Crippen MR) is 135 cm³/mol. The molecule has 3 aromatic carbocycles. The van der Waals surface area contributed by atoms with E-state index in [4.69, 9.17) is 0 Å². The Kier molecular flexibility index (Phi) is 7.25. The first-order valence-corrected chi connectivity index (χ1v) is 11.7. The number of nitrogens with one attached hydrogen (secondary N) is 1. The molecule has 35 heavy (non-hydrogen) atoms. The van der Waals surface area contributed by atoms with Crippen molar-refractivity contribution in [1.29, 1.82) is 0 Å². The summed E-state index contributed by atoms with van der Waals surface area (Å²) in [6.07, 6.45) is 1.14. The lowest BCUT2D eigenvalue weighted by Crippen LogP contribution is -2.39. The molecule has 4 rings (SSSR count). The van der Waals surface area contributed by atoms with Gasteiger partial charge in [0, 0.05) is 6.54 Å². The third-order valence-electron chi connectivity index (χ3n) is 5.91. The highest BCUT2D eigenvalue weighted by Gasteiger charge is 2.15. The molecule has 0 unspecified atom stereocenters. The fraction of sp³-hybridized carbons (Fsp3) is 0.250. The van der Waals surface area contributed by atoms with Crippen LogP contribution in [-0.2, 0) is 17.8 Å². The predicted octanol–water partition coefficient (Wildman–Crippen LogP) is 4.04. The van der Waals surface area contributed by atoms with Gasteiger partial charge in [-0.25, -0.2) is 13.8 Å². The normalized spacial score (nSPS) is 11.2. The molecule has 7 heteroatoms. The van der Waals surface area contributed by atoms with Crippen LogP contribution in [0.5, 0.6) is 0 Å². The minimum absolute atomic E-state index is 0.0667. The van der Waals surface area contributed by atoms with Crippen LogP contribution in [0.2, 0.25) is 0 Å². The zero-order valence-electron chi connectivity index (χ0n) is 19.8. The molecule has 4 aromatic rings. The zero-order chi connectivity index (χ0) is 24.9. The number of fused-ring (bicyclic) bond motifs is 1. The Labute approximate surface area is 202 Å². The molecule has 0 fully saturated rings. The average molecular weight is 474 g/mol. The third kappa shape index (κ3) is 5.57. The molecule has 0 aliphatic carbocycles. The Bertz CT molecular complexity index is 1450. The Morgan fingerprint density at radius 2 is 1.57 bits per heavy atom. The molecule has 1 heterocycles. The Hall–Kier alpha value is -4.00. The quantitative estimate of drug-likeness (QED) is 0.420. The van der Waals surface area contributed by atoms with Crippen LogP contribution in [0.4, 0.5) is 4.39 Å². The van der Waals surface area contributed by atoms with Gasteiger partial charge >= 0.3 is 5.69 Å². The van der Waals surface area contributed by atoms with Crippen LogP contribution >= 0.6 is 0 Å². The summed E-state index contributed by atoms with van der Waals surface area (Å²) in [7, 11) is 0. The number of halogens is 1. The molecule has 6 nitrogen and oxygen atoms in total. The van der Waals surface area contributed by atoms with Crippen molar-refractivity contribution in [3.8, 4) is 5.69 Å². The molecule has 0 aliphatic rings. The second-order valence-electron chi connectivity index (χ2n) is 9.03. The molecule has 1 aromatic heterocycles. The Morgan fingerprint density at radius 3 is 2.26 bits per heavy atom. The molecule has 180 valence electrons. The molecule has 0 atom stereocenters. The topological polar surface area (TPSA) is 73.1 Å². The smallest absolute Gasteiger partial charge is 0.336 e. The van der Waals surface area contributed by atoms with Crippen molar-refractivity contribution < 1.29 is 9.18 Å². The summed E-state index contributed by atoms with van der Waals surface area (Å²) >= 11 is 0. The number of carbonyl (C=O) groups is 1. The molecule has 0 saturated heterocycles. The largest absolute Gasteiger partial charge is 0.356 e. The van der Waals surface area contributed by atoms with Gasteiger partial charge in [0.15, 0.2) is 0 Å². The molecule has 0 radical (unpaired) electrons. The minimum atomic E-state index is -0.489. The van der Waals surface area contributed by atoms with Crippen molar-refractivity contribution >= 4 is 16.8 Å². The summed E-state index contributed by atoms with van der Waals surface area (Å²) in [4.78, 5) is 39.0. The number of carbonyl (C=O) groups excluding carboxylic acids is 1. The van der Waals surface area contributed by atoms with Crippen LogP contribution in [0.25, 0.3) is 16.6 Å². The maximum absolute atomic E-state index is 13.5. The van der Waals surface area contributed by atoms with Crippen molar-refractivity contribution in [2.24, 2.45) is 5.92 Å². The molecule has 1 N–H and O–H groups in total. The number of hydrogen-bond donors (Lipinski definition) is 1. The van der Waals surface area contributed by atoms with Crippen molar-refractivity contribution in [2.45, 2.75) is 33.2 Å². The maximum atomic E-state index is 13.5. The molecule has 0 saturated carbocycles. The van der Waals surface area contributed by atoms with E-state index >= 15 is 0 Å². The summed E-state index contributed by atoms with van der Waals surface area (Å²) in [6.45, 7) is 5.03. The Morgan fingerprint density at radius 1 is 0.914 bits per heavy atom. The van der Waals surface area contributed by atoms with E-state index in [1.54, 1.807) is 60.7 Å². The Balaban J connectivity index is 1.67. The second kappa shape index (κ2) is 10.5. The summed E-state index contributed by atoms with van der Waals surface area (Å²) < 4.78 is 16.0. The van der Waals surface area contributed by atoms with E-state index in [2.05, 4.69) is 19.2 Å². The fourth-order valence-electron chi connectivity index (χ4n) is 3.98. The first-order valence-electron chi connectivity index (χ1n) is 11.7. The average Bonchev–Trinajstić information content (AvgIpc) is 2.84. The molecular weight excluding hydrogens is 445 g/mol. The van der Waals surface area contributed by atoms with Gasteiger partial charge in [0.2, 0.25) is 5.91 Å². The molecule has 1 amide bonds. The molecular formula is C28H28FN3O3. The van der Waals surface area contributed by atoms with Gasteiger partial charge in [-0.2, -0.15) is 0 Å². The van der Waals surface area contributed by atoms with E-state index < -0.39 is 11.2 Å². The van der Waals surface area contributed by atoms with E-state index in [-0.39, 0.29) is 24.7 Å². The number of hydrogen-bond acceptors (Lipinski definition) is 3. The summed E-state index contributed by atoms with van der Waals surface area (Å²) in [5.41, 5.74) is 1.55. The number of benzene rings is 3. The third-order valence-corrected chi connectivity index (χ3v) is 5.91. The van der Waals surface area contributed by atoms with Crippen LogP contribution < -0.4 is 16.6 Å². The highest BCUT2D eigenvalue weighted by atomic mass is 19.1. The number of nitrogens with zero attached hydrogens (tertiary/aromatic N) is 2. The van der Waals surface area contributed by atoms with E-state index in [0.717, 1.165) is 22.1 Å². The van der Waals surface area contributed by atoms with E-state index in [0.29, 0.717) is 29.1 Å². The van der Waals surface area contributed by atoms with Gasteiger partial charge in [-0.15, -0.1) is 0 Å². The molecule has 0 aliphatic heterocycles. The second-order valence-corrected chi connectivity index (χ2v) is 9.03. The van der Waals surface area contributed by atoms with Gasteiger partial charge < -0.3 is 5.32 Å². The van der Waals surface area contributed by atoms with Crippen molar-refractivity contribution in [1.82, 2.24) is 14.5 Å². The monoisotopic (exact) mass is 473 g/mol. The first kappa shape index (κ1) is 24.1. The van der Waals surface area contributed by atoms with Crippen molar-refractivity contribution in [3.05, 3.63) is 111 Å². The zero-order valence-corrected chi connectivity index (χ0v) is 19.8. The van der Waals surface area contributed by atoms with Crippen molar-refractivity contribution in [3.63, 3.8) is 0 Å². The lowest BCUT2D eigenvalue weighted by molar-refractivity contribution is -0.120. The molecule has 0 spiro atoms. The summed E-state index contributed by atoms with van der Waals surface area (Å²) in [5.74, 6) is 0.0921. The van der Waals surface area contributed by atoms with Gasteiger partial charge in [0.05, 0.1) is 29.6 Å². The van der Waals surface area contributed by atoms with E-state index in [1.807, 2.05) is 0 Å². The number of aromatic nitrogens is 2. The number of amides is 1. The van der Waals surface area contributed by atoms with Crippen molar-refractivity contribution in [2.75, 3.05) is 6.54 Å². The molecule has 0 bridgehead atoms. The SMILES string of the molecule is CC(C)CCNC(=O)Cc1ccc(-n2c(=O)c3ccccc3n(Cc3ccc(F)cc3)c2=O)cc1. The lowest BCUT2D eigenvalue weighted by Gasteiger charge is -2.15. The van der Waals surface area contributed by atoms with Gasteiger partial charge in [0.1, 0.15) is 5.82 Å². The fourth-order valence-corrected chi connectivity index (χ4v) is 3.98. The maximum Gasteiger partial charge on any atom is 0.336 e. The minimum Gasteiger partial charge on any atom is -0.356 e. The van der Waals surface area contributed by atoms with E-state index in [9.17, 15) is 18.8 Å². The summed E-state index contributed by atoms with van der Waals surface area (Å²) in [6, 6.07) is 19.7. The summed E-state index contributed by atoms with van der Waals surface area (Å²) in [5, 5.41) is 3.32. The standard InChI is InChI=1S/C28H28FN3O3/c1-19(2)15-16-30-26(33)17-20-9-13-23(14-10-20)32-27(34)24-5-3-4-6-25(24)31(28(32)35)18-21-7-11-22(29)12-8-21/h3-14,19H,15-18H2,1-2H3,(H,30,33). The van der Waals surface area contributed by atoms with Crippen LogP contribution in [0.3, 0.4) is 0 Å². The number of para-hydroxylation sites is 1. The van der Waals surface area contributed by atoms with Gasteiger partial charge in [-0.3, -0.25) is 14.2 Å². The van der Waals surface area contributed by atoms with Crippen LogP contribution in [0.1, 0.15) is 31.4 Å². The van der Waals surface area contributed by atoms with Crippen LogP contribution in [0, 0.1) is 11.7 Å².